The average Bonchev–Trinajstić information content (AvgIpc) is 3.33. The number of hydrogen-bond donors (Lipinski definition) is 1. The highest BCUT2D eigenvalue weighted by molar-refractivity contribution is 8.18. The largest absolute Gasteiger partial charge is 0.354 e. The molecule has 0 spiro atoms. The van der Waals surface area contributed by atoms with Gasteiger partial charge in [0.15, 0.2) is 11.0 Å². The van der Waals surface area contributed by atoms with Crippen LogP contribution >= 0.6 is 35.1 Å². The molecule has 3 aromatic rings. The zero-order valence-corrected chi connectivity index (χ0v) is 20.8. The van der Waals surface area contributed by atoms with E-state index in [0.29, 0.717) is 16.0 Å². The van der Waals surface area contributed by atoms with Gasteiger partial charge >= 0.3 is 0 Å². The number of carbonyl (C=O) groups excluding carboxylic acids is 3. The highest BCUT2D eigenvalue weighted by Gasteiger charge is 2.34. The average molecular weight is 532 g/mol. The molecule has 3 amide bonds. The van der Waals surface area contributed by atoms with Crippen LogP contribution in [0.2, 0.25) is 5.02 Å². The molecule has 180 valence electrons. The number of aromatic nitrogens is 3. The summed E-state index contributed by atoms with van der Waals surface area (Å²) in [6.07, 6.45) is 1.36. The van der Waals surface area contributed by atoms with Gasteiger partial charge in [0.05, 0.1) is 10.7 Å². The summed E-state index contributed by atoms with van der Waals surface area (Å²) < 4.78 is 15.6. The molecule has 12 heteroatoms. The van der Waals surface area contributed by atoms with Crippen molar-refractivity contribution in [2.45, 2.75) is 5.16 Å². The Morgan fingerprint density at radius 2 is 1.91 bits per heavy atom. The Morgan fingerprint density at radius 1 is 1.17 bits per heavy atom. The maximum absolute atomic E-state index is 13.9. The second kappa shape index (κ2) is 11.1. The standard InChI is InChI=1S/C23H19ClFN5O3S2/c1-29-20(14-6-8-16(24)9-7-14)27-28-22(29)34-13-19(31)26-10-11-30-21(32)18(35-23(30)33)12-15-4-2-3-5-17(15)25/h2-9,12H,10-11,13H2,1H3,(H,26,31)/b18-12+. The molecule has 0 unspecified atom stereocenters. The van der Waals surface area contributed by atoms with Gasteiger partial charge < -0.3 is 9.88 Å². The van der Waals surface area contributed by atoms with E-state index in [-0.39, 0.29) is 35.2 Å². The van der Waals surface area contributed by atoms with Crippen LogP contribution in [0.15, 0.2) is 58.6 Å². The number of benzene rings is 2. The quantitative estimate of drug-likeness (QED) is 0.343. The summed E-state index contributed by atoms with van der Waals surface area (Å²) >= 11 is 7.88. The fourth-order valence-electron chi connectivity index (χ4n) is 3.21. The predicted molar refractivity (Wildman–Crippen MR) is 134 cm³/mol. The summed E-state index contributed by atoms with van der Waals surface area (Å²) in [6, 6.07) is 13.2. The number of halogens is 2. The van der Waals surface area contributed by atoms with Crippen molar-refractivity contribution in [1.82, 2.24) is 25.0 Å². The monoisotopic (exact) mass is 531 g/mol. The SMILES string of the molecule is Cn1c(SCC(=O)NCCN2C(=O)S/C(=C/c3ccccc3F)C2=O)nnc1-c1ccc(Cl)cc1. The summed E-state index contributed by atoms with van der Waals surface area (Å²) in [7, 11) is 1.80. The predicted octanol–water partition coefficient (Wildman–Crippen LogP) is 4.22. The van der Waals surface area contributed by atoms with Crippen LogP contribution in [-0.4, -0.2) is 55.6 Å². The molecule has 0 atom stereocenters. The Hall–Kier alpha value is -3.15. The molecule has 0 radical (unpaired) electrons. The van der Waals surface area contributed by atoms with Crippen molar-refractivity contribution >= 4 is 58.3 Å². The third-order valence-corrected chi connectivity index (χ3v) is 7.17. The zero-order valence-electron chi connectivity index (χ0n) is 18.4. The molecule has 0 saturated carbocycles. The lowest BCUT2D eigenvalue weighted by molar-refractivity contribution is -0.123. The van der Waals surface area contributed by atoms with Gasteiger partial charge in [-0.1, -0.05) is 41.6 Å². The first-order valence-corrected chi connectivity index (χ1v) is 12.6. The van der Waals surface area contributed by atoms with E-state index in [4.69, 9.17) is 11.6 Å². The molecule has 8 nitrogen and oxygen atoms in total. The van der Waals surface area contributed by atoms with Crippen LogP contribution in [0.5, 0.6) is 0 Å². The topological polar surface area (TPSA) is 97.2 Å². The van der Waals surface area contributed by atoms with Crippen molar-refractivity contribution < 1.29 is 18.8 Å². The third kappa shape index (κ3) is 5.92. The van der Waals surface area contributed by atoms with Gasteiger partial charge in [-0.25, -0.2) is 4.39 Å². The van der Waals surface area contributed by atoms with Crippen LogP contribution in [0.25, 0.3) is 17.5 Å². The van der Waals surface area contributed by atoms with Gasteiger partial charge in [-0.15, -0.1) is 10.2 Å². The molecular formula is C23H19ClFN5O3S2. The van der Waals surface area contributed by atoms with Crippen molar-refractivity contribution in [1.29, 1.82) is 0 Å². The Kier molecular flexibility index (Phi) is 7.89. The maximum Gasteiger partial charge on any atom is 0.293 e. The van der Waals surface area contributed by atoms with Gasteiger partial charge in [0.25, 0.3) is 11.1 Å². The Balaban J connectivity index is 1.27. The highest BCUT2D eigenvalue weighted by atomic mass is 35.5. The summed E-state index contributed by atoms with van der Waals surface area (Å²) in [5, 5.41) is 11.7. The molecule has 1 aliphatic rings. The summed E-state index contributed by atoms with van der Waals surface area (Å²) in [5.74, 6) is -0.540. The van der Waals surface area contributed by atoms with Crippen molar-refractivity contribution in [3.05, 3.63) is 69.8 Å². The lowest BCUT2D eigenvalue weighted by atomic mass is 10.2. The van der Waals surface area contributed by atoms with Gasteiger partial charge in [-0.3, -0.25) is 19.3 Å². The third-order valence-electron chi connectivity index (χ3n) is 4.99. The molecule has 1 aromatic heterocycles. The van der Waals surface area contributed by atoms with E-state index in [2.05, 4.69) is 15.5 Å². The molecule has 1 aliphatic heterocycles. The zero-order chi connectivity index (χ0) is 24.9. The van der Waals surface area contributed by atoms with E-state index in [9.17, 15) is 18.8 Å². The molecule has 2 aromatic carbocycles. The van der Waals surface area contributed by atoms with E-state index in [1.807, 2.05) is 12.1 Å². The smallest absolute Gasteiger partial charge is 0.293 e. The Labute approximate surface area is 213 Å². The number of nitrogens with one attached hydrogen (secondary N) is 1. The number of carbonyl (C=O) groups is 3. The second-order valence-electron chi connectivity index (χ2n) is 7.37. The van der Waals surface area contributed by atoms with Gasteiger partial charge in [-0.2, -0.15) is 0 Å². The highest BCUT2D eigenvalue weighted by Crippen LogP contribution is 2.32. The van der Waals surface area contributed by atoms with Crippen LogP contribution in [0.3, 0.4) is 0 Å². The normalized spacial score (nSPS) is 14.7. The molecular weight excluding hydrogens is 513 g/mol. The van der Waals surface area contributed by atoms with Crippen LogP contribution in [0.4, 0.5) is 9.18 Å². The van der Waals surface area contributed by atoms with Crippen LogP contribution < -0.4 is 5.32 Å². The first kappa shape index (κ1) is 25.0. The van der Waals surface area contributed by atoms with Gasteiger partial charge in [-0.05, 0) is 48.2 Å². The number of nitrogens with zero attached hydrogens (tertiary/aromatic N) is 4. The van der Waals surface area contributed by atoms with E-state index in [0.717, 1.165) is 22.2 Å². The Morgan fingerprint density at radius 3 is 2.66 bits per heavy atom. The number of amides is 3. The van der Waals surface area contributed by atoms with Gasteiger partial charge in [0.1, 0.15) is 5.82 Å². The number of imide groups is 1. The van der Waals surface area contributed by atoms with Crippen molar-refractivity contribution in [3.63, 3.8) is 0 Å². The molecule has 35 heavy (non-hydrogen) atoms. The van der Waals surface area contributed by atoms with Crippen LogP contribution in [0.1, 0.15) is 5.56 Å². The van der Waals surface area contributed by atoms with Crippen LogP contribution in [-0.2, 0) is 16.6 Å². The number of thioether (sulfide) groups is 2. The lowest BCUT2D eigenvalue weighted by Gasteiger charge is -2.12. The van der Waals surface area contributed by atoms with Crippen molar-refractivity contribution in [3.8, 4) is 11.4 Å². The molecule has 0 bridgehead atoms. The van der Waals surface area contributed by atoms with E-state index in [1.54, 1.807) is 35.9 Å². The van der Waals surface area contributed by atoms with Gasteiger partial charge in [0, 0.05) is 36.3 Å². The second-order valence-corrected chi connectivity index (χ2v) is 9.74. The molecule has 1 fully saturated rings. The van der Waals surface area contributed by atoms with Crippen molar-refractivity contribution in [2.24, 2.45) is 7.05 Å². The molecule has 0 aliphatic carbocycles. The first-order chi connectivity index (χ1) is 16.8. The van der Waals surface area contributed by atoms with Gasteiger partial charge in [0.2, 0.25) is 5.91 Å². The van der Waals surface area contributed by atoms with E-state index < -0.39 is 17.0 Å². The Bertz CT molecular complexity index is 1310. The van der Waals surface area contributed by atoms with E-state index >= 15 is 0 Å². The summed E-state index contributed by atoms with van der Waals surface area (Å²) in [5.41, 5.74) is 1.08. The first-order valence-electron chi connectivity index (χ1n) is 10.4. The minimum atomic E-state index is -0.513. The number of hydrogen-bond acceptors (Lipinski definition) is 7. The lowest BCUT2D eigenvalue weighted by Crippen LogP contribution is -2.37. The molecule has 1 N–H and O–H groups in total. The maximum atomic E-state index is 13.9. The molecule has 4 rings (SSSR count). The minimum Gasteiger partial charge on any atom is -0.354 e. The van der Waals surface area contributed by atoms with Crippen molar-refractivity contribution in [2.75, 3.05) is 18.8 Å². The minimum absolute atomic E-state index is 0.0142. The van der Waals surface area contributed by atoms with E-state index in [1.165, 1.54) is 30.0 Å². The van der Waals surface area contributed by atoms with Crippen LogP contribution in [0, 0.1) is 5.82 Å². The number of rotatable bonds is 8. The fraction of sp³-hybridized carbons (Fsp3) is 0.174. The molecule has 2 heterocycles. The summed E-state index contributed by atoms with van der Waals surface area (Å²) in [6.45, 7) is 0.111. The molecule has 1 saturated heterocycles. The fourth-order valence-corrected chi connectivity index (χ4v) is 4.93. The summed E-state index contributed by atoms with van der Waals surface area (Å²) in [4.78, 5) is 38.2.